The van der Waals surface area contributed by atoms with Crippen LogP contribution in [0.5, 0.6) is 0 Å². The number of carbonyl (C=O) groups excluding carboxylic acids is 2. The molecule has 7 heteroatoms. The second-order valence-electron chi connectivity index (χ2n) is 10.8. The van der Waals surface area contributed by atoms with E-state index < -0.39 is 21.9 Å². The number of hydrogen-bond acceptors (Lipinski definition) is 2. The fourth-order valence-corrected chi connectivity index (χ4v) is 8.10. The largest absolute Gasteiger partial charge is 0.338 e. The fourth-order valence-electron chi connectivity index (χ4n) is 3.30. The van der Waals surface area contributed by atoms with Crippen molar-refractivity contribution >= 4 is 39.8 Å². The topological polar surface area (TPSA) is 43.9 Å². The normalized spacial score (nSPS) is 12.3. The number of urea groups is 1. The van der Waals surface area contributed by atoms with Crippen LogP contribution in [0, 0.1) is 5.41 Å². The van der Waals surface area contributed by atoms with Crippen LogP contribution in [0.4, 0.5) is 16.2 Å². The summed E-state index contributed by atoms with van der Waals surface area (Å²) in [5.41, 5.74) is 0.962. The highest BCUT2D eigenvalue weighted by Crippen LogP contribution is 2.33. The molecule has 168 valence electrons. The molecule has 0 radical (unpaired) electrons. The average Bonchev–Trinajstić information content (AvgIpc) is 2.64. The Kier molecular flexibility index (Phi) is 7.22. The molecule has 0 aromatic heterocycles. The molecule has 0 saturated heterocycles. The SMILES string of the molecule is CC(C)(C)C(=O)N(N(C(=O)N(c1ccccc1)c1ccccc1)[Si](C)(C)C)[Si](C)(C)C. The Labute approximate surface area is 189 Å². The highest BCUT2D eigenvalue weighted by Gasteiger charge is 2.47. The van der Waals surface area contributed by atoms with E-state index in [1.165, 1.54) is 0 Å². The summed E-state index contributed by atoms with van der Waals surface area (Å²) >= 11 is 0. The summed E-state index contributed by atoms with van der Waals surface area (Å²) in [6.45, 7) is 18.4. The van der Waals surface area contributed by atoms with Crippen molar-refractivity contribution < 1.29 is 9.59 Å². The minimum Gasteiger partial charge on any atom is -0.289 e. The summed E-state index contributed by atoms with van der Waals surface area (Å²) in [7, 11) is -4.56. The molecule has 2 aromatic carbocycles. The number of amides is 3. The standard InChI is InChI=1S/C24H37N3O2Si2/c1-24(2,3)22(28)26(30(4,5)6)27(31(7,8)9)23(29)25(20-16-12-10-13-17-20)21-18-14-11-15-19-21/h10-19H,1-9H3. The molecular weight excluding hydrogens is 418 g/mol. The van der Waals surface area contributed by atoms with Crippen molar-refractivity contribution in [2.75, 3.05) is 4.90 Å². The highest BCUT2D eigenvalue weighted by molar-refractivity contribution is 6.80. The fraction of sp³-hybridized carbons (Fsp3) is 0.417. The van der Waals surface area contributed by atoms with Gasteiger partial charge in [-0.1, -0.05) is 57.2 Å². The monoisotopic (exact) mass is 455 g/mol. The number of para-hydroxylation sites is 2. The maximum absolute atomic E-state index is 14.3. The van der Waals surface area contributed by atoms with Crippen molar-refractivity contribution in [2.24, 2.45) is 5.41 Å². The molecule has 0 bridgehead atoms. The van der Waals surface area contributed by atoms with Gasteiger partial charge in [-0.05, 0) is 63.5 Å². The van der Waals surface area contributed by atoms with Crippen molar-refractivity contribution in [1.82, 2.24) is 9.35 Å². The van der Waals surface area contributed by atoms with Crippen molar-refractivity contribution in [3.05, 3.63) is 60.7 Å². The molecule has 5 nitrogen and oxygen atoms in total. The lowest BCUT2D eigenvalue weighted by molar-refractivity contribution is -0.141. The second kappa shape index (κ2) is 9.00. The third-order valence-corrected chi connectivity index (χ3v) is 8.24. The number of rotatable bonds is 4. The van der Waals surface area contributed by atoms with Gasteiger partial charge in [-0.2, -0.15) is 0 Å². The van der Waals surface area contributed by atoms with Crippen molar-refractivity contribution in [1.29, 1.82) is 0 Å². The summed E-state index contributed by atoms with van der Waals surface area (Å²) in [6.07, 6.45) is 0. The Hall–Kier alpha value is -2.39. The van der Waals surface area contributed by atoms with Crippen LogP contribution in [-0.4, -0.2) is 37.8 Å². The Morgan fingerprint density at radius 3 is 1.29 bits per heavy atom. The van der Waals surface area contributed by atoms with Gasteiger partial charge >= 0.3 is 6.03 Å². The third kappa shape index (κ3) is 5.86. The zero-order chi connectivity index (χ0) is 23.6. The first-order chi connectivity index (χ1) is 14.2. The molecule has 0 spiro atoms. The summed E-state index contributed by atoms with van der Waals surface area (Å²) in [5, 5.41) is 0. The van der Waals surface area contributed by atoms with Crippen LogP contribution in [0.15, 0.2) is 60.7 Å². The lowest BCUT2D eigenvalue weighted by atomic mass is 9.96. The Morgan fingerprint density at radius 1 is 0.645 bits per heavy atom. The molecule has 0 N–H and O–H groups in total. The summed E-state index contributed by atoms with van der Waals surface area (Å²) in [4.78, 5) is 29.7. The van der Waals surface area contributed by atoms with E-state index in [0.29, 0.717) is 0 Å². The molecule has 2 rings (SSSR count). The quantitative estimate of drug-likeness (QED) is 0.380. The van der Waals surface area contributed by atoms with E-state index in [-0.39, 0.29) is 11.9 Å². The first-order valence-corrected chi connectivity index (χ1v) is 17.6. The van der Waals surface area contributed by atoms with Crippen LogP contribution in [0.2, 0.25) is 39.3 Å². The van der Waals surface area contributed by atoms with Gasteiger partial charge in [0.2, 0.25) is 5.91 Å². The minimum atomic E-state index is -2.31. The molecule has 31 heavy (non-hydrogen) atoms. The van der Waals surface area contributed by atoms with E-state index in [0.717, 1.165) is 11.4 Å². The van der Waals surface area contributed by atoms with Gasteiger partial charge in [-0.25, -0.2) is 4.79 Å². The molecular formula is C24H37N3O2Si2. The first kappa shape index (κ1) is 24.9. The van der Waals surface area contributed by atoms with Crippen LogP contribution in [0.1, 0.15) is 20.8 Å². The van der Waals surface area contributed by atoms with E-state index in [9.17, 15) is 9.59 Å². The number of nitrogens with zero attached hydrogens (tertiary/aromatic N) is 3. The van der Waals surface area contributed by atoms with Gasteiger partial charge in [0.25, 0.3) is 0 Å². The summed E-state index contributed by atoms with van der Waals surface area (Å²) in [5.74, 6) is -0.0106. The maximum Gasteiger partial charge on any atom is 0.338 e. The number of anilines is 2. The van der Waals surface area contributed by atoms with E-state index in [2.05, 4.69) is 39.3 Å². The molecule has 0 atom stereocenters. The molecule has 0 saturated carbocycles. The molecule has 0 aliphatic rings. The van der Waals surface area contributed by atoms with Gasteiger partial charge < -0.3 is 0 Å². The zero-order valence-corrected chi connectivity index (χ0v) is 22.4. The number of hydrazine groups is 1. The predicted octanol–water partition coefficient (Wildman–Crippen LogP) is 6.71. The summed E-state index contributed by atoms with van der Waals surface area (Å²) < 4.78 is 3.65. The van der Waals surface area contributed by atoms with Crippen LogP contribution < -0.4 is 4.90 Å². The molecule has 0 fully saturated rings. The van der Waals surface area contributed by atoms with Gasteiger partial charge in [0.05, 0.1) is 11.4 Å². The Balaban J connectivity index is 2.72. The highest BCUT2D eigenvalue weighted by atomic mass is 28.3. The van der Waals surface area contributed by atoms with Gasteiger partial charge in [-0.3, -0.25) is 19.0 Å². The van der Waals surface area contributed by atoms with Gasteiger partial charge in [0.15, 0.2) is 16.5 Å². The molecule has 0 unspecified atom stereocenters. The van der Waals surface area contributed by atoms with Crippen molar-refractivity contribution in [3.8, 4) is 0 Å². The third-order valence-electron chi connectivity index (χ3n) is 4.71. The van der Waals surface area contributed by atoms with Crippen LogP contribution in [0.25, 0.3) is 0 Å². The van der Waals surface area contributed by atoms with Gasteiger partial charge in [0.1, 0.15) is 0 Å². The van der Waals surface area contributed by atoms with Crippen LogP contribution >= 0.6 is 0 Å². The van der Waals surface area contributed by atoms with E-state index in [4.69, 9.17) is 0 Å². The molecule has 0 heterocycles. The predicted molar refractivity (Wildman–Crippen MR) is 135 cm³/mol. The average molecular weight is 456 g/mol. The summed E-state index contributed by atoms with van der Waals surface area (Å²) in [6, 6.07) is 19.1. The van der Waals surface area contributed by atoms with E-state index in [1.807, 2.05) is 90.8 Å². The van der Waals surface area contributed by atoms with Crippen molar-refractivity contribution in [2.45, 2.75) is 60.1 Å². The van der Waals surface area contributed by atoms with Gasteiger partial charge in [0, 0.05) is 5.41 Å². The van der Waals surface area contributed by atoms with Gasteiger partial charge in [-0.15, -0.1) is 0 Å². The Morgan fingerprint density at radius 2 is 1.00 bits per heavy atom. The minimum absolute atomic E-state index is 0.0106. The lowest BCUT2D eigenvalue weighted by Crippen LogP contribution is -2.71. The van der Waals surface area contributed by atoms with E-state index >= 15 is 0 Å². The maximum atomic E-state index is 14.3. The Bertz CT molecular complexity index is 859. The molecule has 0 aliphatic heterocycles. The van der Waals surface area contributed by atoms with Crippen LogP contribution in [0.3, 0.4) is 0 Å². The molecule has 2 aromatic rings. The van der Waals surface area contributed by atoms with E-state index in [1.54, 1.807) is 4.90 Å². The lowest BCUT2D eigenvalue weighted by Gasteiger charge is -2.51. The number of benzene rings is 2. The first-order valence-electron chi connectivity index (χ1n) is 10.7. The van der Waals surface area contributed by atoms with Crippen LogP contribution in [-0.2, 0) is 4.79 Å². The van der Waals surface area contributed by atoms with Crippen molar-refractivity contribution in [3.63, 3.8) is 0 Å². The molecule has 3 amide bonds. The second-order valence-corrected chi connectivity index (χ2v) is 20.3. The molecule has 0 aliphatic carbocycles. The number of hydrogen-bond donors (Lipinski definition) is 0. The zero-order valence-electron chi connectivity index (χ0n) is 20.4. The smallest absolute Gasteiger partial charge is 0.289 e. The number of carbonyl (C=O) groups is 2.